The third-order valence-electron chi connectivity index (χ3n) is 6.22. The number of methoxy groups -OCH3 is 1. The summed E-state index contributed by atoms with van der Waals surface area (Å²) in [5.74, 6) is -0.461. The molecule has 3 aromatic rings. The Kier molecular flexibility index (Phi) is 7.29. The van der Waals surface area contributed by atoms with Crippen LogP contribution < -0.4 is 14.4 Å². The second kappa shape index (κ2) is 10.6. The van der Waals surface area contributed by atoms with Crippen LogP contribution in [0.15, 0.2) is 78.4 Å². The highest BCUT2D eigenvalue weighted by molar-refractivity contribution is 6.46. The van der Waals surface area contributed by atoms with Crippen LogP contribution in [0, 0.1) is 0 Å². The van der Waals surface area contributed by atoms with Gasteiger partial charge in [-0.25, -0.2) is 0 Å². The molecule has 186 valence electrons. The fourth-order valence-electron chi connectivity index (χ4n) is 4.42. The average molecular weight is 487 g/mol. The van der Waals surface area contributed by atoms with Crippen LogP contribution in [0.5, 0.6) is 11.5 Å². The minimum Gasteiger partial charge on any atom is -0.507 e. The lowest BCUT2D eigenvalue weighted by molar-refractivity contribution is -0.140. The molecule has 4 rings (SSSR count). The summed E-state index contributed by atoms with van der Waals surface area (Å²) in [6.07, 6.45) is 0. The number of Topliss-reactive ketones (excluding diaryl/α,β-unsaturated/α-hetero) is 1. The summed E-state index contributed by atoms with van der Waals surface area (Å²) in [7, 11) is 5.44. The van der Waals surface area contributed by atoms with E-state index in [4.69, 9.17) is 9.47 Å². The zero-order valence-corrected chi connectivity index (χ0v) is 20.9. The SMILES string of the molecule is CCOc1cccc(/C(O)=C2/C(=O)C(=O)N(Cc3ccccc3OC)C2c2ccc(N(C)C)cc2)c1. The van der Waals surface area contributed by atoms with E-state index in [9.17, 15) is 14.7 Å². The zero-order chi connectivity index (χ0) is 25.8. The van der Waals surface area contributed by atoms with E-state index in [0.717, 1.165) is 16.8 Å². The largest absolute Gasteiger partial charge is 0.507 e. The predicted octanol–water partition coefficient (Wildman–Crippen LogP) is 4.78. The molecular weight excluding hydrogens is 456 g/mol. The van der Waals surface area contributed by atoms with E-state index in [1.54, 1.807) is 31.4 Å². The zero-order valence-electron chi connectivity index (χ0n) is 20.9. The summed E-state index contributed by atoms with van der Waals surface area (Å²) in [6.45, 7) is 2.48. The first-order valence-electron chi connectivity index (χ1n) is 11.8. The van der Waals surface area contributed by atoms with Crippen LogP contribution in [0.3, 0.4) is 0 Å². The van der Waals surface area contributed by atoms with Crippen LogP contribution in [-0.2, 0) is 16.1 Å². The molecule has 36 heavy (non-hydrogen) atoms. The molecular formula is C29H30N2O5. The van der Waals surface area contributed by atoms with Crippen molar-refractivity contribution in [3.8, 4) is 11.5 Å². The second-order valence-corrected chi connectivity index (χ2v) is 8.69. The maximum absolute atomic E-state index is 13.4. The van der Waals surface area contributed by atoms with Crippen LogP contribution >= 0.6 is 0 Å². The number of rotatable bonds is 8. The van der Waals surface area contributed by atoms with Crippen molar-refractivity contribution in [2.45, 2.75) is 19.5 Å². The summed E-state index contributed by atoms with van der Waals surface area (Å²) in [6, 6.07) is 21.1. The number of benzene rings is 3. The summed E-state index contributed by atoms with van der Waals surface area (Å²) in [4.78, 5) is 30.2. The summed E-state index contributed by atoms with van der Waals surface area (Å²) in [5, 5.41) is 11.4. The van der Waals surface area contributed by atoms with Crippen molar-refractivity contribution in [3.63, 3.8) is 0 Å². The van der Waals surface area contributed by atoms with Gasteiger partial charge in [0.1, 0.15) is 17.3 Å². The van der Waals surface area contributed by atoms with Crippen molar-refractivity contribution < 1.29 is 24.2 Å². The van der Waals surface area contributed by atoms with E-state index in [0.29, 0.717) is 23.7 Å². The number of likely N-dealkylation sites (tertiary alicyclic amines) is 1. The molecule has 1 aliphatic rings. The molecule has 1 aliphatic heterocycles. The van der Waals surface area contributed by atoms with Gasteiger partial charge in [-0.3, -0.25) is 9.59 Å². The van der Waals surface area contributed by atoms with Gasteiger partial charge in [0.05, 0.1) is 31.9 Å². The number of amides is 1. The fraction of sp³-hybridized carbons (Fsp3) is 0.241. The number of ketones is 1. The van der Waals surface area contributed by atoms with E-state index in [-0.39, 0.29) is 17.9 Å². The monoisotopic (exact) mass is 486 g/mol. The van der Waals surface area contributed by atoms with Crippen molar-refractivity contribution in [3.05, 3.63) is 95.1 Å². The van der Waals surface area contributed by atoms with Gasteiger partial charge in [-0.2, -0.15) is 0 Å². The maximum atomic E-state index is 13.4. The van der Waals surface area contributed by atoms with Crippen molar-refractivity contribution in [2.24, 2.45) is 0 Å². The van der Waals surface area contributed by atoms with Crippen molar-refractivity contribution in [1.82, 2.24) is 4.90 Å². The highest BCUT2D eigenvalue weighted by Crippen LogP contribution is 2.41. The highest BCUT2D eigenvalue weighted by atomic mass is 16.5. The first kappa shape index (κ1) is 24.9. The molecule has 1 N–H and O–H groups in total. The molecule has 1 atom stereocenters. The lowest BCUT2D eigenvalue weighted by Gasteiger charge is -2.26. The molecule has 0 aliphatic carbocycles. The van der Waals surface area contributed by atoms with Gasteiger partial charge in [0.25, 0.3) is 11.7 Å². The Bertz CT molecular complexity index is 1300. The Hall–Kier alpha value is -4.26. The van der Waals surface area contributed by atoms with Crippen LogP contribution in [0.4, 0.5) is 5.69 Å². The minimum atomic E-state index is -0.776. The number of anilines is 1. The smallest absolute Gasteiger partial charge is 0.295 e. The summed E-state index contributed by atoms with van der Waals surface area (Å²) >= 11 is 0. The predicted molar refractivity (Wildman–Crippen MR) is 139 cm³/mol. The van der Waals surface area contributed by atoms with Gasteiger partial charge < -0.3 is 24.4 Å². The normalized spacial score (nSPS) is 16.8. The number of para-hydroxylation sites is 1. The Labute approximate surface area is 211 Å². The lowest BCUT2D eigenvalue weighted by Crippen LogP contribution is -2.29. The maximum Gasteiger partial charge on any atom is 0.295 e. The number of nitrogens with zero attached hydrogens (tertiary/aromatic N) is 2. The van der Waals surface area contributed by atoms with Gasteiger partial charge in [-0.05, 0) is 42.8 Å². The van der Waals surface area contributed by atoms with E-state index in [1.807, 2.05) is 74.4 Å². The molecule has 1 heterocycles. The quantitative estimate of drug-likeness (QED) is 0.280. The molecule has 1 fully saturated rings. The molecule has 1 amide bonds. The van der Waals surface area contributed by atoms with Gasteiger partial charge in [0, 0.05) is 30.9 Å². The topological polar surface area (TPSA) is 79.3 Å². The number of hydrogen-bond donors (Lipinski definition) is 1. The van der Waals surface area contributed by atoms with Crippen molar-refractivity contribution in [1.29, 1.82) is 0 Å². The molecule has 7 nitrogen and oxygen atoms in total. The number of aliphatic hydroxyl groups is 1. The lowest BCUT2D eigenvalue weighted by atomic mass is 9.95. The van der Waals surface area contributed by atoms with Gasteiger partial charge in [-0.1, -0.05) is 42.5 Å². The van der Waals surface area contributed by atoms with Crippen molar-refractivity contribution in [2.75, 3.05) is 32.7 Å². The number of aliphatic hydroxyl groups excluding tert-OH is 1. The van der Waals surface area contributed by atoms with Gasteiger partial charge in [-0.15, -0.1) is 0 Å². The molecule has 0 aromatic heterocycles. The third kappa shape index (κ3) is 4.77. The number of hydrogen-bond acceptors (Lipinski definition) is 6. The van der Waals surface area contributed by atoms with E-state index in [1.165, 1.54) is 4.90 Å². The molecule has 1 saturated heterocycles. The van der Waals surface area contributed by atoms with Crippen LogP contribution in [0.2, 0.25) is 0 Å². The fourth-order valence-corrected chi connectivity index (χ4v) is 4.42. The van der Waals surface area contributed by atoms with Gasteiger partial charge in [0.2, 0.25) is 0 Å². The highest BCUT2D eigenvalue weighted by Gasteiger charge is 2.46. The number of carbonyl (C=O) groups excluding carboxylic acids is 2. The van der Waals surface area contributed by atoms with Crippen LogP contribution in [-0.4, -0.2) is 49.5 Å². The van der Waals surface area contributed by atoms with E-state index >= 15 is 0 Å². The van der Waals surface area contributed by atoms with Gasteiger partial charge in [0.15, 0.2) is 0 Å². The first-order valence-corrected chi connectivity index (χ1v) is 11.8. The molecule has 3 aromatic carbocycles. The van der Waals surface area contributed by atoms with Crippen molar-refractivity contribution >= 4 is 23.1 Å². The second-order valence-electron chi connectivity index (χ2n) is 8.69. The Balaban J connectivity index is 1.86. The Morgan fingerprint density at radius 3 is 2.39 bits per heavy atom. The van der Waals surface area contributed by atoms with Crippen LogP contribution in [0.1, 0.15) is 29.7 Å². The van der Waals surface area contributed by atoms with E-state index < -0.39 is 17.7 Å². The number of ether oxygens (including phenoxy) is 2. The molecule has 0 bridgehead atoms. The first-order chi connectivity index (χ1) is 17.3. The molecule has 0 saturated carbocycles. The summed E-state index contributed by atoms with van der Waals surface area (Å²) < 4.78 is 11.0. The van der Waals surface area contributed by atoms with E-state index in [2.05, 4.69) is 0 Å². The molecule has 0 spiro atoms. The molecule has 7 heteroatoms. The average Bonchev–Trinajstić information content (AvgIpc) is 3.14. The molecule has 0 radical (unpaired) electrons. The Morgan fingerprint density at radius 2 is 1.72 bits per heavy atom. The van der Waals surface area contributed by atoms with Crippen LogP contribution in [0.25, 0.3) is 5.76 Å². The standard InChI is InChI=1S/C29H30N2O5/c1-5-36-23-11-8-10-20(17-23)27(32)25-26(19-13-15-22(16-14-19)30(2)3)31(29(34)28(25)33)18-21-9-6-7-12-24(21)35-4/h6-17,26,32H,5,18H2,1-4H3/b27-25-. The summed E-state index contributed by atoms with van der Waals surface area (Å²) in [5.41, 5.74) is 2.91. The molecule has 1 unspecified atom stereocenters. The number of carbonyl (C=O) groups is 2. The third-order valence-corrected chi connectivity index (χ3v) is 6.22. The Morgan fingerprint density at radius 1 is 1.00 bits per heavy atom. The minimum absolute atomic E-state index is 0.0427. The van der Waals surface area contributed by atoms with Gasteiger partial charge >= 0.3 is 0 Å².